The first-order chi connectivity index (χ1) is 12.0. The maximum absolute atomic E-state index is 12.3. The fourth-order valence-corrected chi connectivity index (χ4v) is 3.10. The van der Waals surface area contributed by atoms with Crippen LogP contribution in [0.5, 0.6) is 0 Å². The van der Waals surface area contributed by atoms with E-state index in [-0.39, 0.29) is 16.3 Å². The minimum absolute atomic E-state index is 0.0530. The molecule has 0 saturated carbocycles. The SMILES string of the molecule is O=C(O)c1cncc(-c2ccc(S(=O)(=O)Nc3ccncn3)cc2)c1. The summed E-state index contributed by atoms with van der Waals surface area (Å²) >= 11 is 0. The first-order valence-electron chi connectivity index (χ1n) is 7.03. The lowest BCUT2D eigenvalue weighted by Crippen LogP contribution is -2.13. The Labute approximate surface area is 143 Å². The lowest BCUT2D eigenvalue weighted by molar-refractivity contribution is 0.0696. The number of nitrogens with one attached hydrogen (secondary N) is 1. The van der Waals surface area contributed by atoms with Crippen molar-refractivity contribution >= 4 is 21.8 Å². The predicted octanol–water partition coefficient (Wildman–Crippen LogP) is 2.04. The van der Waals surface area contributed by atoms with E-state index in [1.165, 1.54) is 49.2 Å². The van der Waals surface area contributed by atoms with Gasteiger partial charge in [0, 0.05) is 24.2 Å². The molecule has 0 spiro atoms. The summed E-state index contributed by atoms with van der Waals surface area (Å²) in [5, 5.41) is 9.01. The molecule has 0 bridgehead atoms. The first-order valence-corrected chi connectivity index (χ1v) is 8.52. The number of nitrogens with zero attached hydrogens (tertiary/aromatic N) is 3. The molecule has 3 aromatic rings. The molecule has 3 rings (SSSR count). The van der Waals surface area contributed by atoms with E-state index in [4.69, 9.17) is 5.11 Å². The largest absolute Gasteiger partial charge is 0.478 e. The number of pyridine rings is 1. The van der Waals surface area contributed by atoms with Crippen LogP contribution in [-0.4, -0.2) is 34.4 Å². The number of benzene rings is 1. The monoisotopic (exact) mass is 356 g/mol. The number of anilines is 1. The summed E-state index contributed by atoms with van der Waals surface area (Å²) in [5.74, 6) is -0.917. The van der Waals surface area contributed by atoms with Crippen molar-refractivity contribution in [2.24, 2.45) is 0 Å². The van der Waals surface area contributed by atoms with Crippen LogP contribution in [0, 0.1) is 0 Å². The molecule has 0 unspecified atom stereocenters. The number of hydrogen-bond acceptors (Lipinski definition) is 6. The lowest BCUT2D eigenvalue weighted by atomic mass is 10.1. The Morgan fingerprint density at radius 2 is 1.76 bits per heavy atom. The molecule has 1 aromatic carbocycles. The summed E-state index contributed by atoms with van der Waals surface area (Å²) in [6.45, 7) is 0. The summed E-state index contributed by atoms with van der Waals surface area (Å²) in [6.07, 6.45) is 5.42. The average molecular weight is 356 g/mol. The molecule has 25 heavy (non-hydrogen) atoms. The van der Waals surface area contributed by atoms with Crippen LogP contribution in [0.4, 0.5) is 5.82 Å². The number of carbonyl (C=O) groups is 1. The first kappa shape index (κ1) is 16.5. The summed E-state index contributed by atoms with van der Waals surface area (Å²) in [5.41, 5.74) is 1.28. The van der Waals surface area contributed by atoms with Crippen molar-refractivity contribution in [3.8, 4) is 11.1 Å². The van der Waals surface area contributed by atoms with Gasteiger partial charge in [0.1, 0.15) is 12.1 Å². The molecule has 0 aliphatic rings. The molecular weight excluding hydrogens is 344 g/mol. The van der Waals surface area contributed by atoms with Crippen LogP contribution < -0.4 is 4.72 Å². The van der Waals surface area contributed by atoms with E-state index < -0.39 is 16.0 Å². The predicted molar refractivity (Wildman–Crippen MR) is 89.5 cm³/mol. The van der Waals surface area contributed by atoms with E-state index in [0.29, 0.717) is 11.1 Å². The van der Waals surface area contributed by atoms with Crippen LogP contribution in [-0.2, 0) is 10.0 Å². The highest BCUT2D eigenvalue weighted by Gasteiger charge is 2.15. The zero-order valence-corrected chi connectivity index (χ0v) is 13.5. The topological polar surface area (TPSA) is 122 Å². The van der Waals surface area contributed by atoms with Crippen LogP contribution in [0.1, 0.15) is 10.4 Å². The van der Waals surface area contributed by atoms with Gasteiger partial charge in [0.25, 0.3) is 10.0 Å². The third kappa shape index (κ3) is 3.78. The molecule has 0 atom stereocenters. The average Bonchev–Trinajstić information content (AvgIpc) is 2.62. The van der Waals surface area contributed by atoms with Gasteiger partial charge in [0.2, 0.25) is 0 Å². The van der Waals surface area contributed by atoms with Gasteiger partial charge in [-0.1, -0.05) is 12.1 Å². The fourth-order valence-electron chi connectivity index (χ4n) is 2.09. The second-order valence-corrected chi connectivity index (χ2v) is 6.67. The Morgan fingerprint density at radius 3 is 2.40 bits per heavy atom. The molecule has 2 N–H and O–H groups in total. The Morgan fingerprint density at radius 1 is 1.00 bits per heavy atom. The minimum atomic E-state index is -3.78. The van der Waals surface area contributed by atoms with Gasteiger partial charge in [0.15, 0.2) is 0 Å². The summed E-state index contributed by atoms with van der Waals surface area (Å²) in [4.78, 5) is 22.5. The van der Waals surface area contributed by atoms with Crippen molar-refractivity contribution in [2.75, 3.05) is 4.72 Å². The van der Waals surface area contributed by atoms with Gasteiger partial charge in [0.05, 0.1) is 10.5 Å². The third-order valence-electron chi connectivity index (χ3n) is 3.30. The number of hydrogen-bond donors (Lipinski definition) is 2. The molecule has 2 heterocycles. The third-order valence-corrected chi connectivity index (χ3v) is 4.67. The summed E-state index contributed by atoms with van der Waals surface area (Å²) < 4.78 is 27.0. The molecule has 2 aromatic heterocycles. The van der Waals surface area contributed by atoms with Crippen molar-refractivity contribution in [3.05, 3.63) is 66.9 Å². The summed E-state index contributed by atoms with van der Waals surface area (Å²) in [7, 11) is -3.78. The zero-order valence-electron chi connectivity index (χ0n) is 12.7. The van der Waals surface area contributed by atoms with Crippen LogP contribution >= 0.6 is 0 Å². The van der Waals surface area contributed by atoms with E-state index in [1.54, 1.807) is 12.1 Å². The van der Waals surface area contributed by atoms with Gasteiger partial charge in [-0.25, -0.2) is 23.2 Å². The Hall–Kier alpha value is -3.33. The molecule has 8 nitrogen and oxygen atoms in total. The van der Waals surface area contributed by atoms with Crippen molar-refractivity contribution in [3.63, 3.8) is 0 Å². The minimum Gasteiger partial charge on any atom is -0.478 e. The lowest BCUT2D eigenvalue weighted by Gasteiger charge is -2.08. The molecule has 126 valence electrons. The number of sulfonamides is 1. The van der Waals surface area contributed by atoms with Gasteiger partial charge in [-0.15, -0.1) is 0 Å². The highest BCUT2D eigenvalue weighted by molar-refractivity contribution is 7.92. The Bertz CT molecular complexity index is 1010. The van der Waals surface area contributed by atoms with Crippen LogP contribution in [0.3, 0.4) is 0 Å². The highest BCUT2D eigenvalue weighted by atomic mass is 32.2. The van der Waals surface area contributed by atoms with Crippen molar-refractivity contribution in [1.82, 2.24) is 15.0 Å². The number of carboxylic acid groups (broad SMARTS) is 1. The molecule has 0 fully saturated rings. The zero-order chi connectivity index (χ0) is 17.9. The number of rotatable bonds is 5. The van der Waals surface area contributed by atoms with Gasteiger partial charge in [-0.3, -0.25) is 9.71 Å². The molecule has 0 amide bonds. The summed E-state index contributed by atoms with van der Waals surface area (Å²) in [6, 6.07) is 8.92. The molecule has 9 heteroatoms. The van der Waals surface area contributed by atoms with E-state index in [0.717, 1.165) is 0 Å². The Kier molecular flexibility index (Phi) is 4.40. The molecule has 0 radical (unpaired) electrons. The van der Waals surface area contributed by atoms with Gasteiger partial charge >= 0.3 is 5.97 Å². The smallest absolute Gasteiger partial charge is 0.337 e. The van der Waals surface area contributed by atoms with Gasteiger partial charge < -0.3 is 5.11 Å². The maximum atomic E-state index is 12.3. The second kappa shape index (κ2) is 6.65. The van der Waals surface area contributed by atoms with Crippen molar-refractivity contribution < 1.29 is 18.3 Å². The van der Waals surface area contributed by atoms with E-state index in [9.17, 15) is 13.2 Å². The highest BCUT2D eigenvalue weighted by Crippen LogP contribution is 2.22. The van der Waals surface area contributed by atoms with E-state index in [1.807, 2.05) is 0 Å². The number of aromatic carboxylic acids is 1. The Balaban J connectivity index is 1.87. The maximum Gasteiger partial charge on any atom is 0.337 e. The molecule has 0 aliphatic heterocycles. The second-order valence-electron chi connectivity index (χ2n) is 4.99. The fraction of sp³-hybridized carbons (Fsp3) is 0. The normalized spacial score (nSPS) is 11.0. The standard InChI is InChI=1S/C16H12N4O4S/c21-16(22)13-7-12(8-18-9-13)11-1-3-14(4-2-11)25(23,24)20-15-5-6-17-10-19-15/h1-10H,(H,21,22)(H,17,19,20). The van der Waals surface area contributed by atoms with Crippen LogP contribution in [0.25, 0.3) is 11.1 Å². The molecular formula is C16H12N4O4S. The van der Waals surface area contributed by atoms with Gasteiger partial charge in [-0.05, 0) is 29.8 Å². The number of aromatic nitrogens is 3. The number of carboxylic acids is 1. The van der Waals surface area contributed by atoms with Gasteiger partial charge in [-0.2, -0.15) is 0 Å². The van der Waals surface area contributed by atoms with Crippen molar-refractivity contribution in [2.45, 2.75) is 4.90 Å². The van der Waals surface area contributed by atoms with E-state index in [2.05, 4.69) is 19.7 Å². The van der Waals surface area contributed by atoms with Crippen LogP contribution in [0.2, 0.25) is 0 Å². The van der Waals surface area contributed by atoms with Crippen LogP contribution in [0.15, 0.2) is 66.2 Å². The molecule has 0 aliphatic carbocycles. The van der Waals surface area contributed by atoms with E-state index >= 15 is 0 Å². The quantitative estimate of drug-likeness (QED) is 0.717. The molecule has 0 saturated heterocycles. The van der Waals surface area contributed by atoms with Crippen molar-refractivity contribution in [1.29, 1.82) is 0 Å².